The van der Waals surface area contributed by atoms with Crippen molar-refractivity contribution in [1.29, 1.82) is 0 Å². The van der Waals surface area contributed by atoms with Gasteiger partial charge in [-0.2, -0.15) is 0 Å². The van der Waals surface area contributed by atoms with Crippen LogP contribution in [0.1, 0.15) is 32.6 Å². The molecule has 1 aromatic carbocycles. The number of halogens is 1. The standard InChI is InChI=1S/C13H18ClNOS/c1-9-2-5-11(6-3-9)17(16)13-8-10(14)4-7-12(13)15/h4,7-9,11H,2-3,5-6,15H2,1H3. The summed E-state index contributed by atoms with van der Waals surface area (Å²) in [6.07, 6.45) is 4.38. The molecule has 1 unspecified atom stereocenters. The van der Waals surface area contributed by atoms with Crippen LogP contribution in [0.3, 0.4) is 0 Å². The first-order chi connectivity index (χ1) is 8.08. The average Bonchev–Trinajstić information content (AvgIpc) is 2.32. The lowest BCUT2D eigenvalue weighted by Crippen LogP contribution is -2.22. The van der Waals surface area contributed by atoms with Gasteiger partial charge in [0, 0.05) is 16.0 Å². The van der Waals surface area contributed by atoms with E-state index in [2.05, 4.69) is 6.92 Å². The minimum Gasteiger partial charge on any atom is -0.398 e. The molecule has 0 amide bonds. The van der Waals surface area contributed by atoms with Crippen molar-refractivity contribution in [2.24, 2.45) is 5.92 Å². The van der Waals surface area contributed by atoms with E-state index in [1.54, 1.807) is 18.2 Å². The van der Waals surface area contributed by atoms with Crippen LogP contribution in [0.25, 0.3) is 0 Å². The Balaban J connectivity index is 2.16. The molecule has 0 spiro atoms. The predicted molar refractivity (Wildman–Crippen MR) is 73.7 cm³/mol. The molecule has 2 N–H and O–H groups in total. The molecule has 0 radical (unpaired) electrons. The number of nitrogens with two attached hydrogens (primary N) is 1. The molecule has 1 aliphatic rings. The smallest absolute Gasteiger partial charge is 0.0635 e. The van der Waals surface area contributed by atoms with E-state index in [-0.39, 0.29) is 5.25 Å². The van der Waals surface area contributed by atoms with Gasteiger partial charge in [-0.15, -0.1) is 0 Å². The van der Waals surface area contributed by atoms with E-state index in [0.717, 1.165) is 31.6 Å². The highest BCUT2D eigenvalue weighted by Gasteiger charge is 2.25. The molecular weight excluding hydrogens is 254 g/mol. The fourth-order valence-electron chi connectivity index (χ4n) is 2.31. The molecular formula is C13H18ClNOS. The predicted octanol–water partition coefficient (Wildman–Crippen LogP) is 3.61. The molecule has 1 aromatic rings. The van der Waals surface area contributed by atoms with Gasteiger partial charge < -0.3 is 5.73 Å². The van der Waals surface area contributed by atoms with Gasteiger partial charge in [-0.1, -0.05) is 18.5 Å². The topological polar surface area (TPSA) is 43.1 Å². The first kappa shape index (κ1) is 12.9. The number of anilines is 1. The van der Waals surface area contributed by atoms with Crippen LogP contribution in [-0.2, 0) is 10.8 Å². The Bertz CT molecular complexity index is 427. The zero-order valence-corrected chi connectivity index (χ0v) is 11.6. The highest BCUT2D eigenvalue weighted by molar-refractivity contribution is 7.85. The molecule has 4 heteroatoms. The fourth-order valence-corrected chi connectivity index (χ4v) is 4.15. The van der Waals surface area contributed by atoms with Gasteiger partial charge in [0.25, 0.3) is 0 Å². The van der Waals surface area contributed by atoms with Crippen molar-refractivity contribution in [3.8, 4) is 0 Å². The minimum absolute atomic E-state index is 0.243. The van der Waals surface area contributed by atoms with Crippen molar-refractivity contribution >= 4 is 28.1 Å². The van der Waals surface area contributed by atoms with Gasteiger partial charge in [-0.05, 0) is 49.8 Å². The summed E-state index contributed by atoms with van der Waals surface area (Å²) in [5.41, 5.74) is 6.46. The molecule has 1 atom stereocenters. The summed E-state index contributed by atoms with van der Waals surface area (Å²) in [7, 11) is -1.02. The van der Waals surface area contributed by atoms with Crippen LogP contribution < -0.4 is 5.73 Å². The monoisotopic (exact) mass is 271 g/mol. The second kappa shape index (κ2) is 5.40. The summed E-state index contributed by atoms with van der Waals surface area (Å²) in [5.74, 6) is 0.764. The van der Waals surface area contributed by atoms with E-state index in [1.165, 1.54) is 0 Å². The quantitative estimate of drug-likeness (QED) is 0.835. The normalized spacial score (nSPS) is 26.7. The maximum Gasteiger partial charge on any atom is 0.0635 e. The van der Waals surface area contributed by atoms with Gasteiger partial charge in [0.1, 0.15) is 0 Å². The fraction of sp³-hybridized carbons (Fsp3) is 0.538. The van der Waals surface area contributed by atoms with Crippen molar-refractivity contribution in [2.45, 2.75) is 42.8 Å². The molecule has 1 saturated carbocycles. The van der Waals surface area contributed by atoms with E-state index in [9.17, 15) is 4.21 Å². The van der Waals surface area contributed by atoms with Gasteiger partial charge in [0.05, 0.1) is 15.7 Å². The number of hydrogen-bond acceptors (Lipinski definition) is 2. The molecule has 0 bridgehead atoms. The van der Waals surface area contributed by atoms with Crippen LogP contribution >= 0.6 is 11.6 Å². The Morgan fingerprint density at radius 3 is 2.59 bits per heavy atom. The van der Waals surface area contributed by atoms with Gasteiger partial charge in [-0.3, -0.25) is 4.21 Å². The Hall–Kier alpha value is -0.540. The van der Waals surface area contributed by atoms with E-state index >= 15 is 0 Å². The first-order valence-electron chi connectivity index (χ1n) is 6.03. The number of rotatable bonds is 2. The van der Waals surface area contributed by atoms with Gasteiger partial charge in [0.15, 0.2) is 0 Å². The molecule has 2 nitrogen and oxygen atoms in total. The molecule has 0 heterocycles. The summed E-state index contributed by atoms with van der Waals surface area (Å²) < 4.78 is 12.5. The Labute approximate surface area is 110 Å². The lowest BCUT2D eigenvalue weighted by Gasteiger charge is -2.25. The Morgan fingerprint density at radius 1 is 1.29 bits per heavy atom. The molecule has 1 aliphatic carbocycles. The van der Waals surface area contributed by atoms with E-state index < -0.39 is 10.8 Å². The molecule has 17 heavy (non-hydrogen) atoms. The zero-order chi connectivity index (χ0) is 12.4. The van der Waals surface area contributed by atoms with Crippen molar-refractivity contribution in [2.75, 3.05) is 5.73 Å². The summed E-state index contributed by atoms with van der Waals surface area (Å²) in [4.78, 5) is 0.706. The van der Waals surface area contributed by atoms with Crippen LogP contribution in [0.15, 0.2) is 23.1 Å². The molecule has 1 fully saturated rings. The van der Waals surface area contributed by atoms with Crippen LogP contribution in [0.2, 0.25) is 5.02 Å². The molecule has 0 saturated heterocycles. The van der Waals surface area contributed by atoms with Crippen molar-refractivity contribution in [1.82, 2.24) is 0 Å². The zero-order valence-electron chi connectivity index (χ0n) is 9.99. The van der Waals surface area contributed by atoms with E-state index in [1.807, 2.05) is 0 Å². The Morgan fingerprint density at radius 2 is 1.94 bits per heavy atom. The molecule has 2 rings (SSSR count). The molecule has 0 aliphatic heterocycles. The molecule has 0 aromatic heterocycles. The largest absolute Gasteiger partial charge is 0.398 e. The van der Waals surface area contributed by atoms with Crippen molar-refractivity contribution in [3.63, 3.8) is 0 Å². The third kappa shape index (κ3) is 3.02. The van der Waals surface area contributed by atoms with Crippen LogP contribution in [-0.4, -0.2) is 9.46 Å². The second-order valence-electron chi connectivity index (χ2n) is 4.86. The highest BCUT2D eigenvalue weighted by atomic mass is 35.5. The lowest BCUT2D eigenvalue weighted by atomic mass is 9.91. The molecule has 94 valence electrons. The minimum atomic E-state index is -1.02. The van der Waals surface area contributed by atoms with E-state index in [4.69, 9.17) is 17.3 Å². The number of benzene rings is 1. The average molecular weight is 272 g/mol. The SMILES string of the molecule is CC1CCC(S(=O)c2cc(Cl)ccc2N)CC1. The van der Waals surface area contributed by atoms with Crippen molar-refractivity contribution < 1.29 is 4.21 Å². The summed E-state index contributed by atoms with van der Waals surface area (Å²) >= 11 is 5.93. The van der Waals surface area contributed by atoms with E-state index in [0.29, 0.717) is 15.6 Å². The lowest BCUT2D eigenvalue weighted by molar-refractivity contribution is 0.389. The van der Waals surface area contributed by atoms with Crippen LogP contribution in [0, 0.1) is 5.92 Å². The van der Waals surface area contributed by atoms with Gasteiger partial charge >= 0.3 is 0 Å². The maximum absolute atomic E-state index is 12.5. The third-order valence-electron chi connectivity index (χ3n) is 3.46. The van der Waals surface area contributed by atoms with Gasteiger partial charge in [-0.25, -0.2) is 0 Å². The van der Waals surface area contributed by atoms with Crippen molar-refractivity contribution in [3.05, 3.63) is 23.2 Å². The second-order valence-corrected chi connectivity index (χ2v) is 7.00. The number of nitrogen functional groups attached to an aromatic ring is 1. The summed E-state index contributed by atoms with van der Waals surface area (Å²) in [5, 5.41) is 0.846. The maximum atomic E-state index is 12.5. The summed E-state index contributed by atoms with van der Waals surface area (Å²) in [6, 6.07) is 5.21. The van der Waals surface area contributed by atoms with Crippen LogP contribution in [0.5, 0.6) is 0 Å². The third-order valence-corrected chi connectivity index (χ3v) is 5.56. The Kier molecular flexibility index (Phi) is 4.10. The summed E-state index contributed by atoms with van der Waals surface area (Å²) in [6.45, 7) is 2.26. The highest BCUT2D eigenvalue weighted by Crippen LogP contribution is 2.32. The van der Waals surface area contributed by atoms with Gasteiger partial charge in [0.2, 0.25) is 0 Å². The number of hydrogen-bond donors (Lipinski definition) is 1. The first-order valence-corrected chi connectivity index (χ1v) is 7.62. The van der Waals surface area contributed by atoms with Crippen LogP contribution in [0.4, 0.5) is 5.69 Å².